The molecule has 0 saturated heterocycles. The van der Waals surface area contributed by atoms with Gasteiger partial charge in [0.25, 0.3) is 5.91 Å². The van der Waals surface area contributed by atoms with Crippen LogP contribution in [0.25, 0.3) is 12.2 Å². The number of nitrogens with zero attached hydrogens (tertiary/aromatic N) is 1. The van der Waals surface area contributed by atoms with Gasteiger partial charge in [-0.25, -0.2) is 9.78 Å². The standard InChI is InChI=1S/C14H12N2O3S/c1-15-13(17)11-8-16-12(20-11)7-4-9-2-5-10(6-3-9)14(18)19/h2-8H,1H3,(H,15,17)(H,18,19). The quantitative estimate of drug-likeness (QED) is 0.905. The van der Waals surface area contributed by atoms with E-state index in [1.54, 1.807) is 37.4 Å². The maximum atomic E-state index is 11.4. The number of hydrogen-bond donors (Lipinski definition) is 2. The number of carbonyl (C=O) groups is 2. The first-order chi connectivity index (χ1) is 9.60. The summed E-state index contributed by atoms with van der Waals surface area (Å²) in [5.74, 6) is -1.11. The predicted octanol–water partition coefficient (Wildman–Crippen LogP) is 2.37. The third-order valence-electron chi connectivity index (χ3n) is 2.55. The lowest BCUT2D eigenvalue weighted by molar-refractivity contribution is 0.0696. The second-order valence-electron chi connectivity index (χ2n) is 3.90. The van der Waals surface area contributed by atoms with E-state index in [4.69, 9.17) is 5.11 Å². The van der Waals surface area contributed by atoms with Crippen LogP contribution in [-0.2, 0) is 0 Å². The third kappa shape index (κ3) is 3.30. The molecule has 0 aliphatic heterocycles. The number of aromatic nitrogens is 1. The summed E-state index contributed by atoms with van der Waals surface area (Å²) in [7, 11) is 1.57. The van der Waals surface area contributed by atoms with Crippen LogP contribution >= 0.6 is 11.3 Å². The van der Waals surface area contributed by atoms with E-state index in [9.17, 15) is 9.59 Å². The van der Waals surface area contributed by atoms with Crippen molar-refractivity contribution in [3.63, 3.8) is 0 Å². The zero-order valence-electron chi connectivity index (χ0n) is 10.7. The molecular weight excluding hydrogens is 276 g/mol. The van der Waals surface area contributed by atoms with Gasteiger partial charge in [0.1, 0.15) is 9.88 Å². The molecule has 0 unspecified atom stereocenters. The fraction of sp³-hybridized carbons (Fsp3) is 0.0714. The van der Waals surface area contributed by atoms with Crippen LogP contribution in [0, 0.1) is 0 Å². The summed E-state index contributed by atoms with van der Waals surface area (Å²) >= 11 is 1.29. The monoisotopic (exact) mass is 288 g/mol. The molecular formula is C14H12N2O3S. The number of amides is 1. The first kappa shape index (κ1) is 14.0. The second kappa shape index (κ2) is 6.12. The summed E-state index contributed by atoms with van der Waals surface area (Å²) < 4.78 is 0. The largest absolute Gasteiger partial charge is 0.478 e. The minimum absolute atomic E-state index is 0.159. The molecule has 0 aliphatic carbocycles. The van der Waals surface area contributed by atoms with Crippen molar-refractivity contribution in [2.24, 2.45) is 0 Å². The number of carboxylic acids is 1. The molecule has 102 valence electrons. The lowest BCUT2D eigenvalue weighted by Gasteiger charge is -1.95. The summed E-state index contributed by atoms with van der Waals surface area (Å²) in [5.41, 5.74) is 1.12. The zero-order valence-corrected chi connectivity index (χ0v) is 11.5. The lowest BCUT2D eigenvalue weighted by atomic mass is 10.1. The summed E-state index contributed by atoms with van der Waals surface area (Å²) in [6.45, 7) is 0. The Morgan fingerprint density at radius 2 is 1.95 bits per heavy atom. The van der Waals surface area contributed by atoms with Crippen molar-refractivity contribution in [3.8, 4) is 0 Å². The van der Waals surface area contributed by atoms with Gasteiger partial charge in [0.2, 0.25) is 0 Å². The normalized spacial score (nSPS) is 10.7. The molecule has 1 aromatic heterocycles. The predicted molar refractivity (Wildman–Crippen MR) is 77.8 cm³/mol. The smallest absolute Gasteiger partial charge is 0.335 e. The third-order valence-corrected chi connectivity index (χ3v) is 3.51. The number of aromatic carboxylic acids is 1. The molecule has 2 rings (SSSR count). The highest BCUT2D eigenvalue weighted by Crippen LogP contribution is 2.16. The van der Waals surface area contributed by atoms with Gasteiger partial charge in [-0.15, -0.1) is 11.3 Å². The van der Waals surface area contributed by atoms with Crippen LogP contribution in [0.1, 0.15) is 30.6 Å². The fourth-order valence-electron chi connectivity index (χ4n) is 1.50. The van der Waals surface area contributed by atoms with Crippen molar-refractivity contribution in [2.75, 3.05) is 7.05 Å². The van der Waals surface area contributed by atoms with E-state index in [0.717, 1.165) is 5.56 Å². The molecule has 0 radical (unpaired) electrons. The Hall–Kier alpha value is -2.47. The maximum Gasteiger partial charge on any atom is 0.335 e. The molecule has 1 aromatic carbocycles. The number of hydrogen-bond acceptors (Lipinski definition) is 4. The summed E-state index contributed by atoms with van der Waals surface area (Å²) in [6.07, 6.45) is 5.13. The highest BCUT2D eigenvalue weighted by atomic mass is 32.1. The van der Waals surface area contributed by atoms with Gasteiger partial charge in [0.15, 0.2) is 0 Å². The first-order valence-corrected chi connectivity index (χ1v) is 6.61. The van der Waals surface area contributed by atoms with E-state index in [1.165, 1.54) is 17.5 Å². The van der Waals surface area contributed by atoms with Crippen LogP contribution in [0.4, 0.5) is 0 Å². The molecule has 20 heavy (non-hydrogen) atoms. The van der Waals surface area contributed by atoms with Crippen molar-refractivity contribution >= 4 is 35.4 Å². The highest BCUT2D eigenvalue weighted by Gasteiger charge is 2.06. The van der Waals surface area contributed by atoms with Crippen molar-refractivity contribution in [1.29, 1.82) is 0 Å². The first-order valence-electron chi connectivity index (χ1n) is 5.79. The van der Waals surface area contributed by atoms with Gasteiger partial charge in [-0.3, -0.25) is 4.79 Å². The van der Waals surface area contributed by atoms with Crippen LogP contribution in [0.3, 0.4) is 0 Å². The van der Waals surface area contributed by atoms with Gasteiger partial charge >= 0.3 is 5.97 Å². The number of nitrogens with one attached hydrogen (secondary N) is 1. The van der Waals surface area contributed by atoms with Crippen molar-refractivity contribution < 1.29 is 14.7 Å². The van der Waals surface area contributed by atoms with Crippen LogP contribution < -0.4 is 5.32 Å². The molecule has 1 heterocycles. The lowest BCUT2D eigenvalue weighted by Crippen LogP contribution is -2.16. The Balaban J connectivity index is 2.11. The Morgan fingerprint density at radius 1 is 1.25 bits per heavy atom. The number of carboxylic acid groups (broad SMARTS) is 1. The molecule has 0 aliphatic rings. The Bertz CT molecular complexity index is 659. The molecule has 6 heteroatoms. The second-order valence-corrected chi connectivity index (χ2v) is 4.96. The zero-order chi connectivity index (χ0) is 14.5. The fourth-order valence-corrected chi connectivity index (χ4v) is 2.26. The van der Waals surface area contributed by atoms with Gasteiger partial charge < -0.3 is 10.4 Å². The van der Waals surface area contributed by atoms with Crippen molar-refractivity contribution in [2.45, 2.75) is 0 Å². The summed E-state index contributed by atoms with van der Waals surface area (Å²) in [6, 6.07) is 6.51. The highest BCUT2D eigenvalue weighted by molar-refractivity contribution is 7.14. The van der Waals surface area contributed by atoms with E-state index in [2.05, 4.69) is 10.3 Å². The van der Waals surface area contributed by atoms with Crippen LogP contribution in [0.15, 0.2) is 30.5 Å². The average molecular weight is 288 g/mol. The average Bonchev–Trinajstić information content (AvgIpc) is 2.93. The Kier molecular flexibility index (Phi) is 4.27. The van der Waals surface area contributed by atoms with E-state index >= 15 is 0 Å². The van der Waals surface area contributed by atoms with E-state index in [-0.39, 0.29) is 11.5 Å². The molecule has 0 fully saturated rings. The van der Waals surface area contributed by atoms with Gasteiger partial charge in [-0.1, -0.05) is 18.2 Å². The topological polar surface area (TPSA) is 79.3 Å². The Labute approximate surface area is 119 Å². The van der Waals surface area contributed by atoms with Crippen molar-refractivity contribution in [1.82, 2.24) is 10.3 Å². The van der Waals surface area contributed by atoms with Crippen LogP contribution in [0.5, 0.6) is 0 Å². The van der Waals surface area contributed by atoms with E-state index in [1.807, 2.05) is 6.08 Å². The van der Waals surface area contributed by atoms with E-state index < -0.39 is 5.97 Å². The maximum absolute atomic E-state index is 11.4. The number of carbonyl (C=O) groups excluding carboxylic acids is 1. The van der Waals surface area contributed by atoms with Crippen LogP contribution in [0.2, 0.25) is 0 Å². The van der Waals surface area contributed by atoms with Gasteiger partial charge in [-0.05, 0) is 23.8 Å². The van der Waals surface area contributed by atoms with Gasteiger partial charge in [0.05, 0.1) is 11.8 Å². The minimum Gasteiger partial charge on any atom is -0.478 e. The summed E-state index contributed by atoms with van der Waals surface area (Å²) in [5, 5.41) is 12.0. The van der Waals surface area contributed by atoms with Crippen LogP contribution in [-0.4, -0.2) is 29.0 Å². The molecule has 0 spiro atoms. The van der Waals surface area contributed by atoms with Gasteiger partial charge in [0, 0.05) is 7.05 Å². The minimum atomic E-state index is -0.948. The van der Waals surface area contributed by atoms with Gasteiger partial charge in [-0.2, -0.15) is 0 Å². The Morgan fingerprint density at radius 3 is 2.55 bits per heavy atom. The molecule has 1 amide bonds. The number of benzene rings is 1. The SMILES string of the molecule is CNC(=O)c1cnc(C=Cc2ccc(C(=O)O)cc2)s1. The number of thiazole rings is 1. The van der Waals surface area contributed by atoms with E-state index in [0.29, 0.717) is 9.88 Å². The molecule has 0 saturated carbocycles. The molecule has 5 nitrogen and oxygen atoms in total. The molecule has 2 N–H and O–H groups in total. The molecule has 0 atom stereocenters. The number of rotatable bonds is 4. The van der Waals surface area contributed by atoms with Crippen molar-refractivity contribution in [3.05, 3.63) is 51.5 Å². The molecule has 2 aromatic rings. The molecule has 0 bridgehead atoms. The summed E-state index contributed by atoms with van der Waals surface area (Å²) in [4.78, 5) is 26.8.